The lowest BCUT2D eigenvalue weighted by Crippen LogP contribution is -2.31. The summed E-state index contributed by atoms with van der Waals surface area (Å²) in [5.74, 6) is -0.0718. The zero-order chi connectivity index (χ0) is 22.4. The second-order valence-electron chi connectivity index (χ2n) is 7.03. The maximum absolute atomic E-state index is 13.0. The number of hydrogen-bond acceptors (Lipinski definition) is 4. The number of nitrogens with zero attached hydrogens (tertiary/aromatic N) is 1. The van der Waals surface area contributed by atoms with Crippen molar-refractivity contribution in [3.63, 3.8) is 0 Å². The van der Waals surface area contributed by atoms with Crippen LogP contribution in [0.5, 0.6) is 5.75 Å². The Morgan fingerprint density at radius 1 is 1.03 bits per heavy atom. The molecule has 6 nitrogen and oxygen atoms in total. The predicted molar refractivity (Wildman–Crippen MR) is 117 cm³/mol. The molecule has 1 N–H and O–H groups in total. The molecule has 0 aliphatic rings. The van der Waals surface area contributed by atoms with E-state index in [0.717, 1.165) is 23.4 Å². The molecule has 0 spiro atoms. The third-order valence-corrected chi connectivity index (χ3v) is 5.90. The van der Waals surface area contributed by atoms with Gasteiger partial charge in [-0.1, -0.05) is 18.2 Å². The van der Waals surface area contributed by atoms with E-state index in [2.05, 4.69) is 4.72 Å². The molecular formula is C23H23FN2O4S. The van der Waals surface area contributed by atoms with Crippen molar-refractivity contribution >= 4 is 21.6 Å². The number of amides is 1. The minimum absolute atomic E-state index is 0.0629. The Morgan fingerprint density at radius 2 is 1.74 bits per heavy atom. The van der Waals surface area contributed by atoms with Crippen molar-refractivity contribution in [1.29, 1.82) is 0 Å². The van der Waals surface area contributed by atoms with Gasteiger partial charge in [0, 0.05) is 18.3 Å². The molecule has 31 heavy (non-hydrogen) atoms. The minimum atomic E-state index is -3.93. The lowest BCUT2D eigenvalue weighted by atomic mass is 10.2. The molecule has 8 heteroatoms. The van der Waals surface area contributed by atoms with Crippen LogP contribution in [0.4, 0.5) is 10.1 Å². The number of anilines is 1. The van der Waals surface area contributed by atoms with Gasteiger partial charge in [-0.3, -0.25) is 9.52 Å². The van der Waals surface area contributed by atoms with Gasteiger partial charge in [-0.15, -0.1) is 0 Å². The fourth-order valence-electron chi connectivity index (χ4n) is 2.86. The van der Waals surface area contributed by atoms with Gasteiger partial charge < -0.3 is 9.64 Å². The molecule has 3 rings (SSSR count). The number of carbonyl (C=O) groups is 1. The van der Waals surface area contributed by atoms with Crippen molar-refractivity contribution in [2.75, 3.05) is 24.9 Å². The normalized spacial score (nSPS) is 11.1. The summed E-state index contributed by atoms with van der Waals surface area (Å²) >= 11 is 0. The Kier molecular flexibility index (Phi) is 6.91. The number of halogens is 1. The van der Waals surface area contributed by atoms with Crippen molar-refractivity contribution in [2.24, 2.45) is 0 Å². The molecule has 0 radical (unpaired) electrons. The number of sulfonamides is 1. The van der Waals surface area contributed by atoms with Crippen LogP contribution in [0.1, 0.15) is 15.9 Å². The lowest BCUT2D eigenvalue weighted by molar-refractivity contribution is 0.0773. The van der Waals surface area contributed by atoms with E-state index in [0.29, 0.717) is 13.2 Å². The summed E-state index contributed by atoms with van der Waals surface area (Å²) in [7, 11) is -2.31. The highest BCUT2D eigenvalue weighted by molar-refractivity contribution is 7.92. The van der Waals surface area contributed by atoms with Gasteiger partial charge in [-0.05, 0) is 67.1 Å². The van der Waals surface area contributed by atoms with E-state index in [4.69, 9.17) is 4.74 Å². The number of benzene rings is 3. The topological polar surface area (TPSA) is 75.7 Å². The van der Waals surface area contributed by atoms with Crippen LogP contribution in [0, 0.1) is 12.7 Å². The molecule has 0 atom stereocenters. The number of ether oxygens (including phenoxy) is 1. The Hall–Kier alpha value is -3.39. The zero-order valence-corrected chi connectivity index (χ0v) is 18.0. The van der Waals surface area contributed by atoms with Crippen LogP contribution in [0.15, 0.2) is 77.7 Å². The molecule has 162 valence electrons. The molecular weight excluding hydrogens is 419 g/mol. The highest BCUT2D eigenvalue weighted by Gasteiger charge is 2.18. The average molecular weight is 443 g/mol. The van der Waals surface area contributed by atoms with E-state index in [-0.39, 0.29) is 22.1 Å². The molecule has 3 aromatic carbocycles. The Bertz CT molecular complexity index is 1160. The molecule has 0 unspecified atom stereocenters. The maximum Gasteiger partial charge on any atom is 0.261 e. The van der Waals surface area contributed by atoms with Crippen molar-refractivity contribution in [1.82, 2.24) is 4.90 Å². The number of nitrogens with one attached hydrogen (secondary N) is 1. The zero-order valence-electron chi connectivity index (χ0n) is 17.2. The highest BCUT2D eigenvalue weighted by Crippen LogP contribution is 2.18. The first-order valence-electron chi connectivity index (χ1n) is 9.58. The molecule has 0 fully saturated rings. The maximum atomic E-state index is 13.0. The van der Waals surface area contributed by atoms with Gasteiger partial charge in [0.1, 0.15) is 18.2 Å². The minimum Gasteiger partial charge on any atom is -0.492 e. The molecule has 3 aromatic rings. The molecule has 0 saturated heterocycles. The summed E-state index contributed by atoms with van der Waals surface area (Å²) in [5, 5.41) is 0. The third kappa shape index (κ3) is 6.05. The molecule has 0 aliphatic carbocycles. The smallest absolute Gasteiger partial charge is 0.261 e. The SMILES string of the molecule is Cc1cccc(OCCN(C)C(=O)c2cccc(S(=O)(=O)Nc3ccc(F)cc3)c2)c1. The number of carbonyl (C=O) groups excluding carboxylic acids is 1. The van der Waals surface area contributed by atoms with E-state index < -0.39 is 15.8 Å². The van der Waals surface area contributed by atoms with Gasteiger partial charge in [-0.25, -0.2) is 12.8 Å². The first-order chi connectivity index (χ1) is 14.7. The molecule has 0 aliphatic heterocycles. The van der Waals surface area contributed by atoms with Crippen molar-refractivity contribution < 1.29 is 22.3 Å². The van der Waals surface area contributed by atoms with Crippen LogP contribution < -0.4 is 9.46 Å². The third-order valence-electron chi connectivity index (χ3n) is 4.52. The monoisotopic (exact) mass is 442 g/mol. The molecule has 0 bridgehead atoms. The summed E-state index contributed by atoms with van der Waals surface area (Å²) in [4.78, 5) is 14.1. The molecule has 0 heterocycles. The summed E-state index contributed by atoms with van der Waals surface area (Å²) in [6, 6.07) is 18.3. The Labute approximate surface area is 181 Å². The van der Waals surface area contributed by atoms with Gasteiger partial charge >= 0.3 is 0 Å². The first kappa shape index (κ1) is 22.3. The lowest BCUT2D eigenvalue weighted by Gasteiger charge is -2.18. The predicted octanol–water partition coefficient (Wildman–Crippen LogP) is 4.09. The van der Waals surface area contributed by atoms with Crippen LogP contribution >= 0.6 is 0 Å². The number of likely N-dealkylation sites (N-methyl/N-ethyl adjacent to an activating group) is 1. The van der Waals surface area contributed by atoms with Crippen LogP contribution in [-0.4, -0.2) is 39.4 Å². The van der Waals surface area contributed by atoms with Gasteiger partial charge in [-0.2, -0.15) is 0 Å². The fourth-order valence-corrected chi connectivity index (χ4v) is 3.96. The van der Waals surface area contributed by atoms with Crippen LogP contribution in [0.2, 0.25) is 0 Å². The van der Waals surface area contributed by atoms with E-state index >= 15 is 0 Å². The van der Waals surface area contributed by atoms with E-state index in [1.54, 1.807) is 13.1 Å². The number of aryl methyl sites for hydroxylation is 1. The summed E-state index contributed by atoms with van der Waals surface area (Å²) < 4.78 is 46.4. The first-order valence-corrected chi connectivity index (χ1v) is 11.1. The standard InChI is InChI=1S/C23H23FN2O4S/c1-17-5-3-7-21(15-17)30-14-13-26(2)23(27)18-6-4-8-22(16-18)31(28,29)25-20-11-9-19(24)10-12-20/h3-12,15-16,25H,13-14H2,1-2H3. The van der Waals surface area contributed by atoms with Crippen LogP contribution in [-0.2, 0) is 10.0 Å². The quantitative estimate of drug-likeness (QED) is 0.570. The van der Waals surface area contributed by atoms with Gasteiger partial charge in [0.05, 0.1) is 11.4 Å². The summed E-state index contributed by atoms with van der Waals surface area (Å²) in [5.41, 5.74) is 1.54. The highest BCUT2D eigenvalue weighted by atomic mass is 32.2. The second kappa shape index (κ2) is 9.61. The van der Waals surface area contributed by atoms with E-state index in [1.165, 1.54) is 35.2 Å². The van der Waals surface area contributed by atoms with E-state index in [9.17, 15) is 17.6 Å². The van der Waals surface area contributed by atoms with Gasteiger partial charge in [0.25, 0.3) is 15.9 Å². The van der Waals surface area contributed by atoms with Crippen molar-refractivity contribution in [3.05, 3.63) is 89.7 Å². The van der Waals surface area contributed by atoms with E-state index in [1.807, 2.05) is 31.2 Å². The van der Waals surface area contributed by atoms with Gasteiger partial charge in [0.2, 0.25) is 0 Å². The van der Waals surface area contributed by atoms with Gasteiger partial charge in [0.15, 0.2) is 0 Å². The fraction of sp³-hybridized carbons (Fsp3) is 0.174. The Morgan fingerprint density at radius 3 is 2.45 bits per heavy atom. The van der Waals surface area contributed by atoms with Crippen molar-refractivity contribution in [3.8, 4) is 5.75 Å². The number of rotatable bonds is 8. The summed E-state index contributed by atoms with van der Waals surface area (Å²) in [6.45, 7) is 2.60. The molecule has 1 amide bonds. The number of hydrogen-bond donors (Lipinski definition) is 1. The summed E-state index contributed by atoms with van der Waals surface area (Å²) in [6.07, 6.45) is 0. The second-order valence-corrected chi connectivity index (χ2v) is 8.71. The average Bonchev–Trinajstić information content (AvgIpc) is 2.75. The van der Waals surface area contributed by atoms with Crippen molar-refractivity contribution in [2.45, 2.75) is 11.8 Å². The molecule has 0 aromatic heterocycles. The van der Waals surface area contributed by atoms with Crippen LogP contribution in [0.3, 0.4) is 0 Å². The Balaban J connectivity index is 1.65. The molecule has 0 saturated carbocycles. The largest absolute Gasteiger partial charge is 0.492 e. The van der Waals surface area contributed by atoms with Crippen LogP contribution in [0.25, 0.3) is 0 Å².